The van der Waals surface area contributed by atoms with Crippen LogP contribution in [-0.4, -0.2) is 67.4 Å². The maximum Gasteiger partial charge on any atom is 0.328 e. The Kier molecular flexibility index (Phi) is 8.83. The van der Waals surface area contributed by atoms with Gasteiger partial charge in [-0.1, -0.05) is 13.8 Å². The zero-order valence-corrected chi connectivity index (χ0v) is 15.0. The van der Waals surface area contributed by atoms with Crippen LogP contribution >= 0.6 is 0 Å². The molecule has 0 radical (unpaired) electrons. The van der Waals surface area contributed by atoms with E-state index in [9.17, 15) is 14.4 Å². The first-order chi connectivity index (χ1) is 9.83. The topological polar surface area (TPSA) is 90.7 Å². The number of carbonyl (C=O) groups is 3. The molecule has 0 aliphatic carbocycles. The molecule has 7 nitrogen and oxygen atoms in total. The Morgan fingerprint density at radius 1 is 1.32 bits per heavy atom. The maximum absolute atomic E-state index is 12.4. The number of ether oxygens (including phenoxy) is 1. The van der Waals surface area contributed by atoms with Crippen LogP contribution in [-0.2, 0) is 39.5 Å². The summed E-state index contributed by atoms with van der Waals surface area (Å²) >= 11 is 0. The monoisotopic (exact) mass is 404 g/mol. The van der Waals surface area contributed by atoms with Crippen molar-refractivity contribution >= 4 is 17.8 Å². The summed E-state index contributed by atoms with van der Waals surface area (Å²) in [6.07, 6.45) is 0.188. The molecule has 0 saturated carbocycles. The van der Waals surface area contributed by atoms with Crippen LogP contribution in [0.2, 0.25) is 0 Å². The van der Waals surface area contributed by atoms with Crippen LogP contribution in [0.4, 0.5) is 0 Å². The molecule has 1 saturated heterocycles. The Labute approximate surface area is 145 Å². The van der Waals surface area contributed by atoms with Crippen LogP contribution in [0.25, 0.3) is 5.73 Å². The van der Waals surface area contributed by atoms with Crippen LogP contribution in [0.3, 0.4) is 0 Å². The molecule has 1 N–H and O–H groups in total. The van der Waals surface area contributed by atoms with Crippen LogP contribution in [0.5, 0.6) is 0 Å². The van der Waals surface area contributed by atoms with E-state index in [-0.39, 0.29) is 57.0 Å². The van der Waals surface area contributed by atoms with Gasteiger partial charge in [0.25, 0.3) is 0 Å². The minimum absolute atomic E-state index is 0. The summed E-state index contributed by atoms with van der Waals surface area (Å²) in [4.78, 5) is 38.7. The van der Waals surface area contributed by atoms with E-state index in [4.69, 9.17) is 10.5 Å². The molecule has 0 aromatic heterocycles. The van der Waals surface area contributed by atoms with Gasteiger partial charge in [0.1, 0.15) is 6.04 Å². The van der Waals surface area contributed by atoms with Gasteiger partial charge in [-0.15, -0.1) is 6.54 Å². The van der Waals surface area contributed by atoms with Gasteiger partial charge in [0.15, 0.2) is 0 Å². The Balaban J connectivity index is 0.00000441. The molecule has 8 heteroatoms. The van der Waals surface area contributed by atoms with Gasteiger partial charge in [0.05, 0.1) is 13.0 Å². The molecule has 22 heavy (non-hydrogen) atoms. The van der Waals surface area contributed by atoms with E-state index in [2.05, 4.69) is 0 Å². The number of methoxy groups -OCH3 is 1. The summed E-state index contributed by atoms with van der Waals surface area (Å²) in [6.45, 7) is 4.51. The molecule has 0 aromatic rings. The predicted octanol–water partition coefficient (Wildman–Crippen LogP) is 0.541. The minimum atomic E-state index is -0.611. The van der Waals surface area contributed by atoms with E-state index in [0.717, 1.165) is 0 Å². The molecule has 1 rings (SSSR count). The summed E-state index contributed by atoms with van der Waals surface area (Å²) in [7, 11) is 2.90. The number of amides is 2. The second kappa shape index (κ2) is 9.23. The van der Waals surface area contributed by atoms with E-state index in [1.54, 1.807) is 11.9 Å². The second-order valence-corrected chi connectivity index (χ2v) is 5.66. The first-order valence-electron chi connectivity index (χ1n) is 7.10. The van der Waals surface area contributed by atoms with Gasteiger partial charge in [0.2, 0.25) is 11.8 Å². The summed E-state index contributed by atoms with van der Waals surface area (Å²) in [5.41, 5.74) is 7.03. The molecule has 0 bridgehead atoms. The Hall–Kier alpha value is -0.968. The number of nitrogens with zero attached hydrogens (tertiary/aromatic N) is 2. The van der Waals surface area contributed by atoms with E-state index in [0.29, 0.717) is 13.1 Å². The van der Waals surface area contributed by atoms with E-state index in [1.807, 2.05) is 13.8 Å². The van der Waals surface area contributed by atoms with Gasteiger partial charge in [0, 0.05) is 47.0 Å². The molecule has 2 amide bonds. The molecular weight excluding hydrogens is 381 g/mol. The SMILES string of the molecule is COC(=O)C(C(C)C)N(C)C(=O)C1CN(C(=O)CC[NH-])C1.[Pd]. The van der Waals surface area contributed by atoms with Crippen molar-refractivity contribution in [3.63, 3.8) is 0 Å². The number of esters is 1. The Bertz CT molecular complexity index is 411. The molecular formula is C14H24N3O4Pd-. The minimum Gasteiger partial charge on any atom is -0.677 e. The van der Waals surface area contributed by atoms with Crippen LogP contribution < -0.4 is 0 Å². The number of likely N-dealkylation sites (tertiary alicyclic amines) is 1. The molecule has 1 fully saturated rings. The largest absolute Gasteiger partial charge is 0.677 e. The molecule has 0 aromatic carbocycles. The smallest absolute Gasteiger partial charge is 0.328 e. The zero-order valence-electron chi connectivity index (χ0n) is 13.4. The summed E-state index contributed by atoms with van der Waals surface area (Å²) in [6, 6.07) is -0.611. The fourth-order valence-corrected chi connectivity index (χ4v) is 2.53. The van der Waals surface area contributed by atoms with Crippen molar-refractivity contribution in [2.45, 2.75) is 26.3 Å². The standard InChI is InChI=1S/C14H24N3O4.Pd/c1-9(2)12(14(20)21-4)16(3)13(19)10-7-17(8-10)11(18)5-6-15;/h9-10,12,15H,5-8H2,1-4H3;/q-1;. The molecule has 0 spiro atoms. The van der Waals surface area contributed by atoms with Crippen molar-refractivity contribution in [2.75, 3.05) is 33.8 Å². The number of carbonyl (C=O) groups excluding carboxylic acids is 3. The normalized spacial score (nSPS) is 15.6. The third-order valence-electron chi connectivity index (χ3n) is 3.76. The maximum atomic E-state index is 12.4. The Morgan fingerprint density at radius 3 is 2.27 bits per heavy atom. The van der Waals surface area contributed by atoms with Gasteiger partial charge >= 0.3 is 5.97 Å². The number of likely N-dealkylation sites (N-methyl/N-ethyl adjacent to an activating group) is 1. The van der Waals surface area contributed by atoms with Crippen LogP contribution in [0, 0.1) is 11.8 Å². The molecule has 1 aliphatic rings. The Morgan fingerprint density at radius 2 is 1.86 bits per heavy atom. The zero-order chi connectivity index (χ0) is 16.2. The van der Waals surface area contributed by atoms with E-state index < -0.39 is 12.0 Å². The van der Waals surface area contributed by atoms with Gasteiger partial charge in [-0.05, 0) is 5.92 Å². The van der Waals surface area contributed by atoms with Crippen LogP contribution in [0.15, 0.2) is 0 Å². The van der Waals surface area contributed by atoms with E-state index >= 15 is 0 Å². The molecule has 1 heterocycles. The predicted molar refractivity (Wildman–Crippen MR) is 77.3 cm³/mol. The molecule has 1 atom stereocenters. The fraction of sp³-hybridized carbons (Fsp3) is 0.786. The summed E-state index contributed by atoms with van der Waals surface area (Å²) in [5, 5.41) is 0. The third-order valence-corrected chi connectivity index (χ3v) is 3.76. The molecule has 1 unspecified atom stereocenters. The van der Waals surface area contributed by atoms with Gasteiger partial charge in [-0.2, -0.15) is 0 Å². The van der Waals surface area contributed by atoms with Gasteiger partial charge in [-0.3, -0.25) is 9.59 Å². The summed E-state index contributed by atoms with van der Waals surface area (Å²) in [5.74, 6) is -0.982. The molecule has 1 aliphatic heterocycles. The number of hydrogen-bond donors (Lipinski definition) is 0. The average molecular weight is 405 g/mol. The van der Waals surface area contributed by atoms with Crippen LogP contribution in [0.1, 0.15) is 20.3 Å². The first-order valence-corrected chi connectivity index (χ1v) is 7.10. The first kappa shape index (κ1) is 21.0. The molecule has 130 valence electrons. The van der Waals surface area contributed by atoms with Crippen molar-refractivity contribution in [2.24, 2.45) is 11.8 Å². The van der Waals surface area contributed by atoms with Crippen molar-refractivity contribution in [1.29, 1.82) is 0 Å². The van der Waals surface area contributed by atoms with Crippen molar-refractivity contribution in [3.8, 4) is 0 Å². The van der Waals surface area contributed by atoms with Gasteiger partial charge in [-0.25, -0.2) is 4.79 Å². The quantitative estimate of drug-likeness (QED) is 0.477. The van der Waals surface area contributed by atoms with Crippen molar-refractivity contribution in [1.82, 2.24) is 9.80 Å². The summed E-state index contributed by atoms with van der Waals surface area (Å²) < 4.78 is 4.75. The van der Waals surface area contributed by atoms with Crippen molar-refractivity contribution in [3.05, 3.63) is 5.73 Å². The van der Waals surface area contributed by atoms with E-state index in [1.165, 1.54) is 12.0 Å². The van der Waals surface area contributed by atoms with Crippen molar-refractivity contribution < 1.29 is 39.5 Å². The number of nitrogens with one attached hydrogen (secondary N) is 1. The average Bonchev–Trinajstić information content (AvgIpc) is 2.36. The number of rotatable bonds is 6. The number of hydrogen-bond acceptors (Lipinski definition) is 4. The fourth-order valence-electron chi connectivity index (χ4n) is 2.53. The van der Waals surface area contributed by atoms with Gasteiger partial charge < -0.3 is 20.3 Å². The third kappa shape index (κ3) is 4.77. The second-order valence-electron chi connectivity index (χ2n) is 5.66.